The van der Waals surface area contributed by atoms with E-state index in [1.165, 1.54) is 11.1 Å². The molecule has 0 radical (unpaired) electrons. The Morgan fingerprint density at radius 2 is 2.14 bits per heavy atom. The van der Waals surface area contributed by atoms with Gasteiger partial charge in [0.2, 0.25) is 0 Å². The third-order valence-electron chi connectivity index (χ3n) is 2.77. The van der Waals surface area contributed by atoms with Gasteiger partial charge >= 0.3 is 0 Å². The minimum Gasteiger partial charge on any atom is -0.399 e. The first-order chi connectivity index (χ1) is 6.79. The number of nitrogens with two attached hydrogens (primary N) is 2. The lowest BCUT2D eigenvalue weighted by Crippen LogP contribution is -2.34. The van der Waals surface area contributed by atoms with Gasteiger partial charge in [0.25, 0.3) is 0 Å². The summed E-state index contributed by atoms with van der Waals surface area (Å²) in [6.45, 7) is 3.83. The van der Waals surface area contributed by atoms with E-state index in [1.807, 2.05) is 6.07 Å². The second-order valence-corrected chi connectivity index (χ2v) is 3.84. The maximum atomic E-state index is 5.76. The van der Waals surface area contributed by atoms with Crippen molar-refractivity contribution in [2.75, 3.05) is 25.4 Å². The molecule has 0 amide bonds. The molecule has 0 aliphatic carbocycles. The molecule has 76 valence electrons. The number of nitrogen functional groups attached to an aromatic ring is 1. The molecule has 3 heteroatoms. The molecule has 0 bridgehead atoms. The van der Waals surface area contributed by atoms with Gasteiger partial charge in [0.05, 0.1) is 0 Å². The third-order valence-corrected chi connectivity index (χ3v) is 2.77. The van der Waals surface area contributed by atoms with Crippen molar-refractivity contribution in [3.8, 4) is 0 Å². The van der Waals surface area contributed by atoms with E-state index in [9.17, 15) is 0 Å². The van der Waals surface area contributed by atoms with Crippen molar-refractivity contribution in [3.05, 3.63) is 29.3 Å². The first-order valence-corrected chi connectivity index (χ1v) is 5.09. The molecular formula is C11H17N3. The molecule has 4 N–H and O–H groups in total. The summed E-state index contributed by atoms with van der Waals surface area (Å²) in [5.74, 6) is 0. The van der Waals surface area contributed by atoms with Gasteiger partial charge in [-0.1, -0.05) is 6.07 Å². The number of benzene rings is 1. The Bertz CT molecular complexity index is 322. The number of anilines is 1. The largest absolute Gasteiger partial charge is 0.399 e. The quantitative estimate of drug-likeness (QED) is 0.673. The lowest BCUT2D eigenvalue weighted by atomic mass is 9.99. The average molecular weight is 191 g/mol. The number of rotatable bonds is 2. The zero-order valence-electron chi connectivity index (χ0n) is 8.37. The topological polar surface area (TPSA) is 55.3 Å². The molecule has 0 unspecified atom stereocenters. The third kappa shape index (κ3) is 1.89. The molecule has 0 aromatic heterocycles. The monoisotopic (exact) mass is 191 g/mol. The number of hydrogen-bond acceptors (Lipinski definition) is 3. The lowest BCUT2D eigenvalue weighted by molar-refractivity contribution is 0.261. The second kappa shape index (κ2) is 3.98. The Morgan fingerprint density at radius 1 is 1.29 bits per heavy atom. The Labute approximate surface area is 84.7 Å². The molecular weight excluding hydrogens is 174 g/mol. The van der Waals surface area contributed by atoms with Crippen LogP contribution in [0.2, 0.25) is 0 Å². The predicted octanol–water partition coefficient (Wildman–Crippen LogP) is 0.586. The summed E-state index contributed by atoms with van der Waals surface area (Å²) in [6, 6.07) is 6.21. The SMILES string of the molecule is NCCN1CCc2ccc(N)cc2C1. The van der Waals surface area contributed by atoms with Gasteiger partial charge in [-0.3, -0.25) is 4.90 Å². The highest BCUT2D eigenvalue weighted by molar-refractivity contribution is 5.45. The molecule has 0 spiro atoms. The van der Waals surface area contributed by atoms with Gasteiger partial charge in [-0.15, -0.1) is 0 Å². The van der Waals surface area contributed by atoms with Crippen LogP contribution in [0.5, 0.6) is 0 Å². The molecule has 1 aromatic rings. The number of nitrogens with zero attached hydrogens (tertiary/aromatic N) is 1. The van der Waals surface area contributed by atoms with Gasteiger partial charge < -0.3 is 11.5 Å². The Morgan fingerprint density at radius 3 is 2.93 bits per heavy atom. The van der Waals surface area contributed by atoms with Crippen LogP contribution < -0.4 is 11.5 Å². The van der Waals surface area contributed by atoms with Crippen LogP contribution in [-0.4, -0.2) is 24.5 Å². The first-order valence-electron chi connectivity index (χ1n) is 5.09. The van der Waals surface area contributed by atoms with E-state index in [1.54, 1.807) is 0 Å². The van der Waals surface area contributed by atoms with Crippen LogP contribution in [0.3, 0.4) is 0 Å². The summed E-state index contributed by atoms with van der Waals surface area (Å²) >= 11 is 0. The summed E-state index contributed by atoms with van der Waals surface area (Å²) < 4.78 is 0. The van der Waals surface area contributed by atoms with Crippen LogP contribution >= 0.6 is 0 Å². The number of fused-ring (bicyclic) bond motifs is 1. The zero-order chi connectivity index (χ0) is 9.97. The second-order valence-electron chi connectivity index (χ2n) is 3.84. The summed E-state index contributed by atoms with van der Waals surface area (Å²) in [5.41, 5.74) is 15.0. The highest BCUT2D eigenvalue weighted by atomic mass is 15.1. The molecule has 2 rings (SSSR count). The van der Waals surface area contributed by atoms with E-state index < -0.39 is 0 Å². The molecule has 1 aromatic carbocycles. The van der Waals surface area contributed by atoms with Gasteiger partial charge in [0.15, 0.2) is 0 Å². The standard InChI is InChI=1S/C11H17N3/c12-4-6-14-5-3-9-1-2-11(13)7-10(9)8-14/h1-2,7H,3-6,8,12-13H2. The minimum absolute atomic E-state index is 0.734. The Hall–Kier alpha value is -1.06. The molecule has 1 aliphatic heterocycles. The molecule has 0 fully saturated rings. The average Bonchev–Trinajstić information content (AvgIpc) is 2.17. The van der Waals surface area contributed by atoms with Crippen molar-refractivity contribution < 1.29 is 0 Å². The van der Waals surface area contributed by atoms with E-state index in [0.29, 0.717) is 0 Å². The van der Waals surface area contributed by atoms with Gasteiger partial charge in [-0.05, 0) is 29.7 Å². The normalized spacial score (nSPS) is 16.6. The zero-order valence-corrected chi connectivity index (χ0v) is 8.37. The Balaban J connectivity index is 2.16. The number of hydrogen-bond donors (Lipinski definition) is 2. The molecule has 0 saturated carbocycles. The molecule has 1 aliphatic rings. The molecule has 0 saturated heterocycles. The predicted molar refractivity (Wildman–Crippen MR) is 58.9 cm³/mol. The lowest BCUT2D eigenvalue weighted by Gasteiger charge is -2.28. The summed E-state index contributed by atoms with van der Waals surface area (Å²) in [5, 5.41) is 0. The smallest absolute Gasteiger partial charge is 0.0317 e. The summed E-state index contributed by atoms with van der Waals surface area (Å²) in [6.07, 6.45) is 1.12. The van der Waals surface area contributed by atoms with Crippen molar-refractivity contribution in [3.63, 3.8) is 0 Å². The molecule has 3 nitrogen and oxygen atoms in total. The van der Waals surface area contributed by atoms with E-state index in [2.05, 4.69) is 17.0 Å². The van der Waals surface area contributed by atoms with Crippen LogP contribution in [0.15, 0.2) is 18.2 Å². The Kier molecular flexibility index (Phi) is 2.70. The van der Waals surface area contributed by atoms with E-state index in [-0.39, 0.29) is 0 Å². The molecule has 0 atom stereocenters. The fraction of sp³-hybridized carbons (Fsp3) is 0.455. The van der Waals surface area contributed by atoms with Crippen molar-refractivity contribution >= 4 is 5.69 Å². The highest BCUT2D eigenvalue weighted by Gasteiger charge is 2.14. The van der Waals surface area contributed by atoms with Gasteiger partial charge in [-0.2, -0.15) is 0 Å². The van der Waals surface area contributed by atoms with E-state index in [4.69, 9.17) is 11.5 Å². The van der Waals surface area contributed by atoms with E-state index >= 15 is 0 Å². The fourth-order valence-corrected chi connectivity index (χ4v) is 2.01. The van der Waals surface area contributed by atoms with Gasteiger partial charge in [0.1, 0.15) is 0 Å². The van der Waals surface area contributed by atoms with Gasteiger partial charge in [0, 0.05) is 31.9 Å². The van der Waals surface area contributed by atoms with Crippen LogP contribution in [0, 0.1) is 0 Å². The minimum atomic E-state index is 0.734. The highest BCUT2D eigenvalue weighted by Crippen LogP contribution is 2.20. The van der Waals surface area contributed by atoms with E-state index in [0.717, 1.165) is 38.3 Å². The first kappa shape index (κ1) is 9.49. The van der Waals surface area contributed by atoms with Crippen molar-refractivity contribution in [2.24, 2.45) is 5.73 Å². The summed E-state index contributed by atoms with van der Waals surface area (Å²) in [4.78, 5) is 2.38. The maximum absolute atomic E-state index is 5.76. The maximum Gasteiger partial charge on any atom is 0.0317 e. The van der Waals surface area contributed by atoms with Crippen molar-refractivity contribution in [1.82, 2.24) is 4.90 Å². The fourth-order valence-electron chi connectivity index (χ4n) is 2.01. The van der Waals surface area contributed by atoms with Crippen molar-refractivity contribution in [1.29, 1.82) is 0 Å². The van der Waals surface area contributed by atoms with Gasteiger partial charge in [-0.25, -0.2) is 0 Å². The van der Waals surface area contributed by atoms with Crippen LogP contribution in [0.1, 0.15) is 11.1 Å². The van der Waals surface area contributed by atoms with Crippen molar-refractivity contribution in [2.45, 2.75) is 13.0 Å². The van der Waals surface area contributed by atoms with Crippen LogP contribution in [-0.2, 0) is 13.0 Å². The van der Waals surface area contributed by atoms with Crippen LogP contribution in [0.4, 0.5) is 5.69 Å². The van der Waals surface area contributed by atoms with Crippen LogP contribution in [0.25, 0.3) is 0 Å². The molecule has 1 heterocycles. The molecule has 14 heavy (non-hydrogen) atoms. The summed E-state index contributed by atoms with van der Waals surface area (Å²) in [7, 11) is 0.